The Bertz CT molecular complexity index is 398. The van der Waals surface area contributed by atoms with Crippen molar-refractivity contribution in [3.63, 3.8) is 0 Å². The molecule has 0 aliphatic rings. The van der Waals surface area contributed by atoms with E-state index in [1.807, 2.05) is 23.4 Å². The second-order valence-corrected chi connectivity index (χ2v) is 5.02. The Hall–Kier alpha value is -1.17. The molecule has 5 heteroatoms. The Kier molecular flexibility index (Phi) is 5.34. The predicted molar refractivity (Wildman–Crippen MR) is 69.0 cm³/mol. The first-order valence-corrected chi connectivity index (χ1v) is 6.21. The van der Waals surface area contributed by atoms with E-state index in [1.54, 1.807) is 24.3 Å². The van der Waals surface area contributed by atoms with Crippen LogP contribution in [0.3, 0.4) is 0 Å². The standard InChI is InChI=1S/C12H17NO3S/c1-9(14)7-13(2)8-11-10(5-6-17-11)3-4-12(15)16/h3-6,9,14H,7-8H2,1-2H3,(H,15,16). The fourth-order valence-corrected chi connectivity index (χ4v) is 2.50. The van der Waals surface area contributed by atoms with Crippen LogP contribution in [0.5, 0.6) is 0 Å². The molecule has 1 aromatic heterocycles. The van der Waals surface area contributed by atoms with Crippen LogP contribution in [-0.4, -0.2) is 40.8 Å². The van der Waals surface area contributed by atoms with Crippen molar-refractivity contribution in [1.29, 1.82) is 0 Å². The number of rotatable bonds is 6. The summed E-state index contributed by atoms with van der Waals surface area (Å²) in [5.74, 6) is -0.945. The number of hydrogen-bond donors (Lipinski definition) is 2. The van der Waals surface area contributed by atoms with Gasteiger partial charge in [-0.2, -0.15) is 0 Å². The Labute approximate surface area is 105 Å². The minimum atomic E-state index is -0.945. The van der Waals surface area contributed by atoms with Gasteiger partial charge in [0.1, 0.15) is 0 Å². The normalized spacial score (nSPS) is 13.4. The van der Waals surface area contributed by atoms with E-state index in [0.29, 0.717) is 13.1 Å². The quantitative estimate of drug-likeness (QED) is 0.759. The number of likely N-dealkylation sites (N-methyl/N-ethyl adjacent to an activating group) is 1. The predicted octanol–water partition coefficient (Wildman–Crippen LogP) is 1.66. The van der Waals surface area contributed by atoms with Gasteiger partial charge >= 0.3 is 5.97 Å². The highest BCUT2D eigenvalue weighted by Crippen LogP contribution is 2.20. The van der Waals surface area contributed by atoms with Gasteiger partial charge in [0.05, 0.1) is 6.10 Å². The van der Waals surface area contributed by atoms with Gasteiger partial charge in [0, 0.05) is 24.0 Å². The molecule has 4 nitrogen and oxygen atoms in total. The number of carboxylic acid groups (broad SMARTS) is 1. The monoisotopic (exact) mass is 255 g/mol. The zero-order valence-corrected chi connectivity index (χ0v) is 10.8. The van der Waals surface area contributed by atoms with Crippen LogP contribution in [0.2, 0.25) is 0 Å². The van der Waals surface area contributed by atoms with E-state index in [1.165, 1.54) is 0 Å². The molecule has 1 unspecified atom stereocenters. The summed E-state index contributed by atoms with van der Waals surface area (Å²) in [5, 5.41) is 19.8. The topological polar surface area (TPSA) is 60.8 Å². The first-order valence-electron chi connectivity index (χ1n) is 5.33. The van der Waals surface area contributed by atoms with Gasteiger partial charge < -0.3 is 10.2 Å². The second-order valence-electron chi connectivity index (χ2n) is 4.02. The van der Waals surface area contributed by atoms with Gasteiger partial charge in [-0.05, 0) is 37.1 Å². The Morgan fingerprint density at radius 1 is 1.65 bits per heavy atom. The van der Waals surface area contributed by atoms with E-state index in [2.05, 4.69) is 0 Å². The van der Waals surface area contributed by atoms with Crippen molar-refractivity contribution >= 4 is 23.4 Å². The molecule has 94 valence electrons. The lowest BCUT2D eigenvalue weighted by Gasteiger charge is -2.17. The molecule has 0 spiro atoms. The van der Waals surface area contributed by atoms with Crippen LogP contribution in [0.25, 0.3) is 6.08 Å². The molecule has 1 rings (SSSR count). The van der Waals surface area contributed by atoms with Gasteiger partial charge in [-0.15, -0.1) is 11.3 Å². The molecule has 0 amide bonds. The highest BCUT2D eigenvalue weighted by atomic mass is 32.1. The van der Waals surface area contributed by atoms with Crippen molar-refractivity contribution in [3.8, 4) is 0 Å². The van der Waals surface area contributed by atoms with Crippen molar-refractivity contribution in [3.05, 3.63) is 28.0 Å². The molecule has 1 aromatic rings. The number of aliphatic carboxylic acids is 1. The molecular formula is C12H17NO3S. The number of nitrogens with zero attached hydrogens (tertiary/aromatic N) is 1. The molecule has 0 saturated carbocycles. The molecule has 2 N–H and O–H groups in total. The molecule has 0 aliphatic heterocycles. The van der Waals surface area contributed by atoms with Crippen LogP contribution < -0.4 is 0 Å². The van der Waals surface area contributed by atoms with E-state index >= 15 is 0 Å². The van der Waals surface area contributed by atoms with Crippen LogP contribution in [0, 0.1) is 0 Å². The number of carboxylic acids is 1. The van der Waals surface area contributed by atoms with Gasteiger partial charge in [-0.1, -0.05) is 0 Å². The van der Waals surface area contributed by atoms with Crippen molar-refractivity contribution in [2.24, 2.45) is 0 Å². The molecule has 0 aliphatic carbocycles. The van der Waals surface area contributed by atoms with Crippen LogP contribution in [0.4, 0.5) is 0 Å². The van der Waals surface area contributed by atoms with Gasteiger partial charge in [-0.3, -0.25) is 4.90 Å². The maximum atomic E-state index is 10.4. The average Bonchev–Trinajstić information content (AvgIpc) is 2.60. The van der Waals surface area contributed by atoms with E-state index in [0.717, 1.165) is 16.5 Å². The number of carbonyl (C=O) groups is 1. The number of aliphatic hydroxyl groups excluding tert-OH is 1. The summed E-state index contributed by atoms with van der Waals surface area (Å²) in [7, 11) is 1.93. The summed E-state index contributed by atoms with van der Waals surface area (Å²) in [4.78, 5) is 13.6. The average molecular weight is 255 g/mol. The summed E-state index contributed by atoms with van der Waals surface area (Å²) in [6.07, 6.45) is 2.38. The van der Waals surface area contributed by atoms with Gasteiger partial charge in [-0.25, -0.2) is 4.79 Å². The van der Waals surface area contributed by atoms with Crippen molar-refractivity contribution < 1.29 is 15.0 Å². The molecule has 1 heterocycles. The third-order valence-corrected chi connectivity index (χ3v) is 3.10. The van der Waals surface area contributed by atoms with Gasteiger partial charge in [0.2, 0.25) is 0 Å². The van der Waals surface area contributed by atoms with Crippen LogP contribution >= 0.6 is 11.3 Å². The maximum Gasteiger partial charge on any atom is 0.328 e. The molecule has 0 radical (unpaired) electrons. The number of thiophene rings is 1. The van der Waals surface area contributed by atoms with Crippen molar-refractivity contribution in [1.82, 2.24) is 4.90 Å². The second kappa shape index (κ2) is 6.54. The summed E-state index contributed by atoms with van der Waals surface area (Å²) >= 11 is 1.59. The highest BCUT2D eigenvalue weighted by Gasteiger charge is 2.07. The molecule has 0 bridgehead atoms. The zero-order valence-electron chi connectivity index (χ0n) is 9.96. The lowest BCUT2D eigenvalue weighted by atomic mass is 10.2. The minimum absolute atomic E-state index is 0.363. The van der Waals surface area contributed by atoms with Crippen LogP contribution in [0.15, 0.2) is 17.5 Å². The first kappa shape index (κ1) is 13.9. The zero-order chi connectivity index (χ0) is 12.8. The summed E-state index contributed by atoms with van der Waals surface area (Å²) in [6, 6.07) is 1.90. The Balaban J connectivity index is 2.65. The van der Waals surface area contributed by atoms with Crippen molar-refractivity contribution in [2.75, 3.05) is 13.6 Å². The summed E-state index contributed by atoms with van der Waals surface area (Å²) < 4.78 is 0. The van der Waals surface area contributed by atoms with Gasteiger partial charge in [0.15, 0.2) is 0 Å². The lowest BCUT2D eigenvalue weighted by Crippen LogP contribution is -2.26. The molecule has 0 aromatic carbocycles. The first-order chi connectivity index (χ1) is 7.99. The molecule has 0 fully saturated rings. The fraction of sp³-hybridized carbons (Fsp3) is 0.417. The van der Waals surface area contributed by atoms with Crippen LogP contribution in [-0.2, 0) is 11.3 Å². The molecule has 17 heavy (non-hydrogen) atoms. The van der Waals surface area contributed by atoms with E-state index < -0.39 is 5.97 Å². The Morgan fingerprint density at radius 2 is 2.35 bits per heavy atom. The highest BCUT2D eigenvalue weighted by molar-refractivity contribution is 7.10. The number of hydrogen-bond acceptors (Lipinski definition) is 4. The SMILES string of the molecule is CC(O)CN(C)Cc1sccc1C=CC(=O)O. The van der Waals surface area contributed by atoms with E-state index in [4.69, 9.17) is 5.11 Å². The summed E-state index contributed by atoms with van der Waals surface area (Å²) in [6.45, 7) is 3.05. The van der Waals surface area contributed by atoms with Crippen molar-refractivity contribution in [2.45, 2.75) is 19.6 Å². The largest absolute Gasteiger partial charge is 0.478 e. The van der Waals surface area contributed by atoms with E-state index in [-0.39, 0.29) is 6.10 Å². The minimum Gasteiger partial charge on any atom is -0.478 e. The third-order valence-electron chi connectivity index (χ3n) is 2.17. The van der Waals surface area contributed by atoms with Gasteiger partial charge in [0.25, 0.3) is 0 Å². The van der Waals surface area contributed by atoms with Crippen LogP contribution in [0.1, 0.15) is 17.4 Å². The van der Waals surface area contributed by atoms with E-state index in [9.17, 15) is 9.90 Å². The molecule has 0 saturated heterocycles. The smallest absolute Gasteiger partial charge is 0.328 e. The fourth-order valence-electron chi connectivity index (χ4n) is 1.55. The lowest BCUT2D eigenvalue weighted by molar-refractivity contribution is -0.131. The third kappa shape index (κ3) is 5.12. The Morgan fingerprint density at radius 3 is 2.94 bits per heavy atom. The summed E-state index contributed by atoms with van der Waals surface area (Å²) in [5.41, 5.74) is 0.926. The molecule has 1 atom stereocenters. The maximum absolute atomic E-state index is 10.4. The molecular weight excluding hydrogens is 238 g/mol. The number of aliphatic hydroxyl groups is 1.